The highest BCUT2D eigenvalue weighted by Crippen LogP contribution is 2.36. The quantitative estimate of drug-likeness (QED) is 0.628. The summed E-state index contributed by atoms with van der Waals surface area (Å²) in [5, 5.41) is 3.34. The third-order valence-corrected chi connectivity index (χ3v) is 3.10. The van der Waals surface area contributed by atoms with E-state index in [2.05, 4.69) is 12.2 Å². The maximum absolute atomic E-state index is 10.5. The van der Waals surface area contributed by atoms with E-state index in [0.29, 0.717) is 12.0 Å². The fourth-order valence-electron chi connectivity index (χ4n) is 1.84. The maximum atomic E-state index is 10.5. The molecule has 82 valence electrons. The Balaban J connectivity index is 2.31. The predicted octanol–water partition coefficient (Wildman–Crippen LogP) is 1.46. The minimum Gasteiger partial charge on any atom is -0.321 e. The molecule has 2 unspecified atom stereocenters. The molecule has 14 heavy (non-hydrogen) atoms. The number of piperidine rings is 1. The Morgan fingerprint density at radius 1 is 1.57 bits per heavy atom. The van der Waals surface area contributed by atoms with E-state index in [9.17, 15) is 4.57 Å². The van der Waals surface area contributed by atoms with E-state index in [0.717, 1.165) is 31.6 Å². The van der Waals surface area contributed by atoms with Crippen molar-refractivity contribution in [2.75, 3.05) is 6.54 Å². The molecule has 0 aromatic heterocycles. The minimum absolute atomic E-state index is 0.525. The Bertz CT molecular complexity index is 248. The molecule has 1 aliphatic rings. The molecule has 3 N–H and O–H groups in total. The van der Waals surface area contributed by atoms with Crippen LogP contribution in [0.1, 0.15) is 26.2 Å². The summed E-state index contributed by atoms with van der Waals surface area (Å²) in [5.41, 5.74) is 0. The SMILES string of the molecule is CC1CC(C/C=C\P(=O)(O)O)CCN1. The molecule has 0 aliphatic carbocycles. The van der Waals surface area contributed by atoms with Crippen molar-refractivity contribution in [3.8, 4) is 0 Å². The molecule has 0 aromatic rings. The Kier molecular flexibility index (Phi) is 4.32. The molecule has 1 saturated heterocycles. The van der Waals surface area contributed by atoms with Crippen LogP contribution in [-0.2, 0) is 4.57 Å². The molecule has 0 spiro atoms. The van der Waals surface area contributed by atoms with Gasteiger partial charge in [0.1, 0.15) is 0 Å². The summed E-state index contributed by atoms with van der Waals surface area (Å²) in [5.74, 6) is 1.58. The fraction of sp³-hybridized carbons (Fsp3) is 0.778. The summed E-state index contributed by atoms with van der Waals surface area (Å²) in [6.07, 6.45) is 4.57. The van der Waals surface area contributed by atoms with Gasteiger partial charge >= 0.3 is 7.60 Å². The van der Waals surface area contributed by atoms with Crippen LogP contribution in [0.4, 0.5) is 0 Å². The van der Waals surface area contributed by atoms with E-state index in [1.807, 2.05) is 0 Å². The molecule has 0 amide bonds. The van der Waals surface area contributed by atoms with Crippen molar-refractivity contribution in [1.29, 1.82) is 0 Å². The van der Waals surface area contributed by atoms with Gasteiger partial charge in [-0.1, -0.05) is 6.08 Å². The normalized spacial score (nSPS) is 29.6. The van der Waals surface area contributed by atoms with Gasteiger partial charge in [0, 0.05) is 11.9 Å². The van der Waals surface area contributed by atoms with Crippen molar-refractivity contribution in [2.45, 2.75) is 32.2 Å². The standard InChI is InChI=1S/C9H18NO3P/c1-8-7-9(4-5-10-8)3-2-6-14(11,12)13/h2,6,8-10H,3-5,7H2,1H3,(H2,11,12,13)/b6-2-. The van der Waals surface area contributed by atoms with Gasteiger partial charge in [-0.3, -0.25) is 4.57 Å². The van der Waals surface area contributed by atoms with Crippen LogP contribution < -0.4 is 5.32 Å². The molecular weight excluding hydrogens is 201 g/mol. The van der Waals surface area contributed by atoms with E-state index < -0.39 is 7.60 Å². The van der Waals surface area contributed by atoms with Crippen LogP contribution in [0.2, 0.25) is 0 Å². The van der Waals surface area contributed by atoms with Crippen molar-refractivity contribution in [2.24, 2.45) is 5.92 Å². The van der Waals surface area contributed by atoms with Crippen LogP contribution in [0.15, 0.2) is 11.9 Å². The predicted molar refractivity (Wildman–Crippen MR) is 56.0 cm³/mol. The summed E-state index contributed by atoms with van der Waals surface area (Å²) in [4.78, 5) is 17.2. The van der Waals surface area contributed by atoms with Crippen LogP contribution in [0.3, 0.4) is 0 Å². The van der Waals surface area contributed by atoms with Gasteiger partial charge in [-0.15, -0.1) is 0 Å². The second-order valence-electron chi connectivity index (χ2n) is 3.96. The van der Waals surface area contributed by atoms with Crippen molar-refractivity contribution in [3.05, 3.63) is 11.9 Å². The van der Waals surface area contributed by atoms with Crippen LogP contribution in [0, 0.1) is 5.92 Å². The highest BCUT2D eigenvalue weighted by atomic mass is 31.2. The summed E-state index contributed by atoms with van der Waals surface area (Å²) < 4.78 is 10.5. The van der Waals surface area contributed by atoms with Gasteiger partial charge in [-0.2, -0.15) is 0 Å². The molecule has 5 heteroatoms. The largest absolute Gasteiger partial charge is 0.348 e. The van der Waals surface area contributed by atoms with Crippen molar-refractivity contribution in [1.82, 2.24) is 5.32 Å². The van der Waals surface area contributed by atoms with Gasteiger partial charge in [0.05, 0.1) is 0 Å². The molecule has 0 aromatic carbocycles. The smallest absolute Gasteiger partial charge is 0.321 e. The van der Waals surface area contributed by atoms with Gasteiger partial charge in [-0.05, 0) is 38.6 Å². The number of nitrogens with one attached hydrogen (secondary N) is 1. The monoisotopic (exact) mass is 219 g/mol. The van der Waals surface area contributed by atoms with Crippen LogP contribution in [0.5, 0.6) is 0 Å². The molecule has 1 heterocycles. The minimum atomic E-state index is -3.94. The number of hydrogen-bond acceptors (Lipinski definition) is 2. The fourth-order valence-corrected chi connectivity index (χ4v) is 2.24. The lowest BCUT2D eigenvalue weighted by atomic mass is 9.91. The van der Waals surface area contributed by atoms with Crippen LogP contribution in [-0.4, -0.2) is 22.4 Å². The first-order valence-corrected chi connectivity index (χ1v) is 6.62. The highest BCUT2D eigenvalue weighted by Gasteiger charge is 2.17. The van der Waals surface area contributed by atoms with Gasteiger partial charge in [0.15, 0.2) is 0 Å². The van der Waals surface area contributed by atoms with Gasteiger partial charge in [-0.25, -0.2) is 0 Å². The Morgan fingerprint density at radius 2 is 2.29 bits per heavy atom. The van der Waals surface area contributed by atoms with Gasteiger partial charge in [0.2, 0.25) is 0 Å². The van der Waals surface area contributed by atoms with E-state index in [4.69, 9.17) is 9.79 Å². The van der Waals surface area contributed by atoms with E-state index in [-0.39, 0.29) is 0 Å². The average molecular weight is 219 g/mol. The number of hydrogen-bond donors (Lipinski definition) is 3. The van der Waals surface area contributed by atoms with E-state index >= 15 is 0 Å². The van der Waals surface area contributed by atoms with Crippen molar-refractivity contribution in [3.63, 3.8) is 0 Å². The van der Waals surface area contributed by atoms with Crippen LogP contribution >= 0.6 is 7.60 Å². The lowest BCUT2D eigenvalue weighted by molar-refractivity contribution is 0.317. The molecular formula is C9H18NO3P. The summed E-state index contributed by atoms with van der Waals surface area (Å²) in [7, 11) is -3.94. The first kappa shape index (κ1) is 11.9. The summed E-state index contributed by atoms with van der Waals surface area (Å²) >= 11 is 0. The van der Waals surface area contributed by atoms with Crippen molar-refractivity contribution >= 4 is 7.60 Å². The van der Waals surface area contributed by atoms with Crippen molar-refractivity contribution < 1.29 is 14.4 Å². The zero-order valence-corrected chi connectivity index (χ0v) is 9.28. The third kappa shape index (κ3) is 4.91. The summed E-state index contributed by atoms with van der Waals surface area (Å²) in [6, 6.07) is 0.525. The Morgan fingerprint density at radius 3 is 2.86 bits per heavy atom. The Labute approximate surface area is 84.6 Å². The zero-order chi connectivity index (χ0) is 10.6. The Hall–Kier alpha value is -0.150. The first-order chi connectivity index (χ1) is 6.47. The molecule has 1 fully saturated rings. The molecule has 0 bridgehead atoms. The molecule has 0 saturated carbocycles. The second-order valence-corrected chi connectivity index (χ2v) is 5.43. The molecule has 4 nitrogen and oxygen atoms in total. The molecule has 2 atom stereocenters. The van der Waals surface area contributed by atoms with E-state index in [1.165, 1.54) is 0 Å². The van der Waals surface area contributed by atoms with E-state index in [1.54, 1.807) is 6.08 Å². The van der Waals surface area contributed by atoms with Crippen LogP contribution in [0.25, 0.3) is 0 Å². The molecule has 1 rings (SSSR count). The lowest BCUT2D eigenvalue weighted by Gasteiger charge is -2.27. The topological polar surface area (TPSA) is 69.6 Å². The van der Waals surface area contributed by atoms with Gasteiger partial charge in [0.25, 0.3) is 0 Å². The number of allylic oxidation sites excluding steroid dienone is 1. The van der Waals surface area contributed by atoms with Gasteiger partial charge < -0.3 is 15.1 Å². The number of rotatable bonds is 3. The third-order valence-electron chi connectivity index (χ3n) is 2.50. The highest BCUT2D eigenvalue weighted by molar-refractivity contribution is 7.55. The zero-order valence-electron chi connectivity index (χ0n) is 8.39. The maximum Gasteiger partial charge on any atom is 0.348 e. The summed E-state index contributed by atoms with van der Waals surface area (Å²) in [6.45, 7) is 3.15. The molecule has 1 aliphatic heterocycles. The lowest BCUT2D eigenvalue weighted by Crippen LogP contribution is -2.35. The second kappa shape index (κ2) is 5.08. The molecule has 0 radical (unpaired) electrons. The first-order valence-electron chi connectivity index (χ1n) is 4.93. The average Bonchev–Trinajstić information content (AvgIpc) is 2.01.